The minimum Gasteiger partial charge on any atom is -0.505 e. The summed E-state index contributed by atoms with van der Waals surface area (Å²) in [6, 6.07) is 3.99. The summed E-state index contributed by atoms with van der Waals surface area (Å²) in [6.45, 7) is 0. The first-order valence-corrected chi connectivity index (χ1v) is 3.79. The van der Waals surface area contributed by atoms with Crippen LogP contribution in [0.5, 0.6) is 5.75 Å². The molecule has 0 unspecified atom stereocenters. The third kappa shape index (κ3) is 2.49. The molecule has 0 amide bonds. The quantitative estimate of drug-likeness (QED) is 0.663. The van der Waals surface area contributed by atoms with Gasteiger partial charge in [0.1, 0.15) is 6.42 Å². The Kier molecular flexibility index (Phi) is 3.08. The Balaban J connectivity index is 2.90. The van der Waals surface area contributed by atoms with E-state index in [-0.39, 0.29) is 12.0 Å². The van der Waals surface area contributed by atoms with Crippen molar-refractivity contribution in [2.75, 3.05) is 0 Å². The molecule has 1 aromatic carbocycles. The third-order valence-electron chi connectivity index (χ3n) is 1.44. The van der Waals surface area contributed by atoms with Gasteiger partial charge in [-0.25, -0.2) is 4.39 Å². The second-order valence-corrected chi connectivity index (χ2v) is 2.51. The van der Waals surface area contributed by atoms with Crippen LogP contribution in [0.3, 0.4) is 0 Å². The number of carboxylic acid groups (broad SMARTS) is 1. The normalized spacial score (nSPS) is 8.93. The van der Waals surface area contributed by atoms with Gasteiger partial charge in [-0.15, -0.1) is 0 Å². The molecule has 0 aliphatic rings. The number of aromatic hydroxyl groups is 1. The zero-order valence-corrected chi connectivity index (χ0v) is 7.12. The lowest BCUT2D eigenvalue weighted by molar-refractivity contribution is -0.135. The summed E-state index contributed by atoms with van der Waals surface area (Å²) in [5.41, 5.74) is -0.00810. The molecule has 14 heavy (non-hydrogen) atoms. The largest absolute Gasteiger partial charge is 0.505 e. The third-order valence-corrected chi connectivity index (χ3v) is 1.44. The highest BCUT2D eigenvalue weighted by atomic mass is 19.1. The van der Waals surface area contributed by atoms with Crippen LogP contribution in [-0.4, -0.2) is 16.2 Å². The van der Waals surface area contributed by atoms with E-state index in [4.69, 9.17) is 10.2 Å². The minimum absolute atomic E-state index is 0.00810. The first-order valence-electron chi connectivity index (χ1n) is 3.79. The average Bonchev–Trinajstić information content (AvgIpc) is 2.12. The van der Waals surface area contributed by atoms with Crippen LogP contribution in [0.2, 0.25) is 0 Å². The van der Waals surface area contributed by atoms with Crippen molar-refractivity contribution in [1.82, 2.24) is 0 Å². The maximum Gasteiger partial charge on any atom is 0.315 e. The molecule has 0 spiro atoms. The molecule has 72 valence electrons. The molecule has 3 nitrogen and oxygen atoms in total. The van der Waals surface area contributed by atoms with Crippen LogP contribution in [0.25, 0.3) is 0 Å². The first-order chi connectivity index (χ1) is 6.61. The summed E-state index contributed by atoms with van der Waals surface area (Å²) >= 11 is 0. The van der Waals surface area contributed by atoms with Crippen LogP contribution in [0.1, 0.15) is 12.0 Å². The van der Waals surface area contributed by atoms with E-state index in [1.54, 1.807) is 0 Å². The van der Waals surface area contributed by atoms with E-state index in [1.807, 2.05) is 0 Å². The molecule has 0 bridgehead atoms. The van der Waals surface area contributed by atoms with Gasteiger partial charge in [-0.2, -0.15) is 0 Å². The molecule has 0 saturated carbocycles. The van der Waals surface area contributed by atoms with E-state index < -0.39 is 17.5 Å². The maximum absolute atomic E-state index is 13.0. The van der Waals surface area contributed by atoms with Gasteiger partial charge in [-0.3, -0.25) is 4.79 Å². The van der Waals surface area contributed by atoms with Crippen molar-refractivity contribution < 1.29 is 19.4 Å². The van der Waals surface area contributed by atoms with Crippen LogP contribution in [0.4, 0.5) is 4.39 Å². The fraction of sp³-hybridized carbons (Fsp3) is 0.100. The molecule has 1 rings (SSSR count). The Hall–Kier alpha value is -2.02. The SMILES string of the molecule is O=C(O)CC#Cc1cccc(O)c1F. The molecule has 0 aliphatic carbocycles. The van der Waals surface area contributed by atoms with E-state index >= 15 is 0 Å². The van der Waals surface area contributed by atoms with Crippen LogP contribution in [-0.2, 0) is 4.79 Å². The molecule has 0 aliphatic heterocycles. The summed E-state index contributed by atoms with van der Waals surface area (Å²) in [4.78, 5) is 10.1. The number of hydrogen-bond donors (Lipinski definition) is 2. The summed E-state index contributed by atoms with van der Waals surface area (Å²) in [5, 5.41) is 17.2. The topological polar surface area (TPSA) is 57.5 Å². The van der Waals surface area contributed by atoms with Crippen molar-refractivity contribution in [3.8, 4) is 17.6 Å². The molecular formula is C10H7FO3. The Bertz CT molecular complexity index is 415. The van der Waals surface area contributed by atoms with Crippen molar-refractivity contribution in [3.05, 3.63) is 29.6 Å². The summed E-state index contributed by atoms with van der Waals surface area (Å²) in [6.07, 6.45) is -0.352. The number of aliphatic carboxylic acids is 1. The first kappa shape index (κ1) is 10.1. The van der Waals surface area contributed by atoms with E-state index in [1.165, 1.54) is 18.2 Å². The molecule has 0 saturated heterocycles. The number of phenols is 1. The number of rotatable bonds is 1. The Morgan fingerprint density at radius 1 is 1.50 bits per heavy atom. The van der Waals surface area contributed by atoms with Gasteiger partial charge in [-0.05, 0) is 12.1 Å². The number of carboxylic acids is 1. The van der Waals surface area contributed by atoms with Gasteiger partial charge < -0.3 is 10.2 Å². The van der Waals surface area contributed by atoms with Gasteiger partial charge in [-0.1, -0.05) is 17.9 Å². The van der Waals surface area contributed by atoms with Crippen molar-refractivity contribution in [3.63, 3.8) is 0 Å². The Morgan fingerprint density at radius 3 is 2.86 bits per heavy atom. The fourth-order valence-electron chi connectivity index (χ4n) is 0.831. The molecule has 0 atom stereocenters. The van der Waals surface area contributed by atoms with Crippen LogP contribution < -0.4 is 0 Å². The average molecular weight is 194 g/mol. The molecule has 0 heterocycles. The lowest BCUT2D eigenvalue weighted by Gasteiger charge is -1.95. The highest BCUT2D eigenvalue weighted by Crippen LogP contribution is 2.17. The number of halogens is 1. The summed E-state index contributed by atoms with van der Waals surface area (Å²) < 4.78 is 13.0. The zero-order chi connectivity index (χ0) is 10.6. The second-order valence-electron chi connectivity index (χ2n) is 2.51. The monoisotopic (exact) mass is 194 g/mol. The van der Waals surface area contributed by atoms with E-state index in [9.17, 15) is 9.18 Å². The molecule has 4 heteroatoms. The van der Waals surface area contributed by atoms with Gasteiger partial charge in [0.25, 0.3) is 0 Å². The molecule has 1 aromatic rings. The highest BCUT2D eigenvalue weighted by Gasteiger charge is 2.03. The van der Waals surface area contributed by atoms with Gasteiger partial charge >= 0.3 is 5.97 Å². The molecule has 0 fully saturated rings. The number of benzene rings is 1. The number of hydrogen-bond acceptors (Lipinski definition) is 2. The summed E-state index contributed by atoms with van der Waals surface area (Å²) in [7, 11) is 0. The number of carbonyl (C=O) groups is 1. The lowest BCUT2D eigenvalue weighted by Crippen LogP contribution is -1.90. The fourth-order valence-corrected chi connectivity index (χ4v) is 0.831. The van der Waals surface area contributed by atoms with Crippen LogP contribution in [0.15, 0.2) is 18.2 Å². The van der Waals surface area contributed by atoms with Crippen LogP contribution in [0, 0.1) is 17.7 Å². The standard InChI is InChI=1S/C10H7FO3/c11-10-7(3-1-5-8(10)12)4-2-6-9(13)14/h1,3,5,12H,6H2,(H,13,14). The zero-order valence-electron chi connectivity index (χ0n) is 7.12. The Labute approximate surface area is 79.8 Å². The molecule has 0 radical (unpaired) electrons. The van der Waals surface area contributed by atoms with Crippen molar-refractivity contribution in [2.24, 2.45) is 0 Å². The maximum atomic E-state index is 13.0. The molecular weight excluding hydrogens is 187 g/mol. The lowest BCUT2D eigenvalue weighted by atomic mass is 10.2. The summed E-state index contributed by atoms with van der Waals surface area (Å²) in [5.74, 6) is 2.19. The van der Waals surface area contributed by atoms with Gasteiger partial charge in [0, 0.05) is 0 Å². The van der Waals surface area contributed by atoms with Crippen molar-refractivity contribution in [1.29, 1.82) is 0 Å². The van der Waals surface area contributed by atoms with Gasteiger partial charge in [0.2, 0.25) is 0 Å². The van der Waals surface area contributed by atoms with Crippen molar-refractivity contribution in [2.45, 2.75) is 6.42 Å². The molecule has 0 aromatic heterocycles. The smallest absolute Gasteiger partial charge is 0.315 e. The second kappa shape index (κ2) is 4.28. The predicted octanol–water partition coefficient (Wildman–Crippen LogP) is 1.36. The minimum atomic E-state index is -1.07. The highest BCUT2D eigenvalue weighted by molar-refractivity contribution is 5.70. The van der Waals surface area contributed by atoms with Crippen molar-refractivity contribution >= 4 is 5.97 Å². The van der Waals surface area contributed by atoms with Crippen LogP contribution >= 0.6 is 0 Å². The van der Waals surface area contributed by atoms with Gasteiger partial charge in [0.05, 0.1) is 5.56 Å². The van der Waals surface area contributed by atoms with Gasteiger partial charge in [0.15, 0.2) is 11.6 Å². The Morgan fingerprint density at radius 2 is 2.21 bits per heavy atom. The van der Waals surface area contributed by atoms with E-state index in [2.05, 4.69) is 11.8 Å². The molecule has 2 N–H and O–H groups in total. The number of phenolic OH excluding ortho intramolecular Hbond substituents is 1. The van der Waals surface area contributed by atoms with E-state index in [0.717, 1.165) is 0 Å². The predicted molar refractivity (Wildman–Crippen MR) is 47.2 cm³/mol. The van der Waals surface area contributed by atoms with E-state index in [0.29, 0.717) is 0 Å².